The van der Waals surface area contributed by atoms with Crippen LogP contribution in [0.25, 0.3) is 0 Å². The van der Waals surface area contributed by atoms with Crippen LogP contribution in [0.15, 0.2) is 18.2 Å². The average Bonchev–Trinajstić information content (AvgIpc) is 2.55. The summed E-state index contributed by atoms with van der Waals surface area (Å²) in [4.78, 5) is 25.9. The van der Waals surface area contributed by atoms with E-state index < -0.39 is 5.97 Å². The fraction of sp³-hybridized carbons (Fsp3) is 0.556. The predicted molar refractivity (Wildman–Crippen MR) is 87.3 cm³/mol. The molecule has 23 heavy (non-hydrogen) atoms. The fourth-order valence-corrected chi connectivity index (χ4v) is 2.96. The number of aryl methyl sites for hydroxylation is 1. The van der Waals surface area contributed by atoms with Gasteiger partial charge in [0.05, 0.1) is 0 Å². The minimum atomic E-state index is -0.676. The SMILES string of the molecule is Cc1cccc(C(=O)OCC(=O)N(C)C2CCC(C)CC2)c1O. The molecule has 0 atom stereocenters. The summed E-state index contributed by atoms with van der Waals surface area (Å²) in [6.45, 7) is 3.64. The van der Waals surface area contributed by atoms with Crippen LogP contribution in [0.2, 0.25) is 0 Å². The van der Waals surface area contributed by atoms with Crippen LogP contribution in [-0.2, 0) is 9.53 Å². The Balaban J connectivity index is 1.88. The van der Waals surface area contributed by atoms with E-state index in [0.29, 0.717) is 5.56 Å². The van der Waals surface area contributed by atoms with Crippen molar-refractivity contribution in [2.45, 2.75) is 45.6 Å². The van der Waals surface area contributed by atoms with E-state index in [4.69, 9.17) is 4.74 Å². The van der Waals surface area contributed by atoms with Gasteiger partial charge >= 0.3 is 5.97 Å². The Kier molecular flexibility index (Phi) is 5.64. The van der Waals surface area contributed by atoms with Crippen LogP contribution in [0.5, 0.6) is 5.75 Å². The molecule has 0 saturated heterocycles. The van der Waals surface area contributed by atoms with Crippen LogP contribution < -0.4 is 0 Å². The van der Waals surface area contributed by atoms with Crippen molar-refractivity contribution in [3.8, 4) is 5.75 Å². The van der Waals surface area contributed by atoms with Crippen molar-refractivity contribution >= 4 is 11.9 Å². The molecule has 1 aliphatic rings. The molecule has 0 unspecified atom stereocenters. The molecule has 2 rings (SSSR count). The second-order valence-corrected chi connectivity index (χ2v) is 6.47. The maximum atomic E-state index is 12.2. The zero-order valence-corrected chi connectivity index (χ0v) is 14.0. The Bertz CT molecular complexity index is 576. The van der Waals surface area contributed by atoms with Crippen LogP contribution in [0.3, 0.4) is 0 Å². The van der Waals surface area contributed by atoms with Gasteiger partial charge in [-0.2, -0.15) is 0 Å². The number of hydrogen-bond acceptors (Lipinski definition) is 4. The molecular formula is C18H25NO4. The number of rotatable bonds is 4. The topological polar surface area (TPSA) is 66.8 Å². The van der Waals surface area contributed by atoms with Gasteiger partial charge in [0.25, 0.3) is 5.91 Å². The first-order chi connectivity index (χ1) is 10.9. The van der Waals surface area contributed by atoms with Gasteiger partial charge in [0, 0.05) is 13.1 Å². The number of carbonyl (C=O) groups is 2. The molecule has 5 heteroatoms. The zero-order chi connectivity index (χ0) is 17.0. The molecule has 0 aromatic heterocycles. The Hall–Kier alpha value is -2.04. The molecule has 0 heterocycles. The number of esters is 1. The van der Waals surface area contributed by atoms with Crippen LogP contribution in [0, 0.1) is 12.8 Å². The molecule has 1 fully saturated rings. The first-order valence-electron chi connectivity index (χ1n) is 8.11. The standard InChI is InChI=1S/C18H25NO4/c1-12-7-9-14(10-8-12)19(3)16(20)11-23-18(22)15-6-4-5-13(2)17(15)21/h4-6,12,14,21H,7-11H2,1-3H3. The maximum Gasteiger partial charge on any atom is 0.342 e. The lowest BCUT2D eigenvalue weighted by atomic mass is 9.87. The van der Waals surface area contributed by atoms with E-state index in [9.17, 15) is 14.7 Å². The Morgan fingerprint density at radius 1 is 1.26 bits per heavy atom. The second kappa shape index (κ2) is 7.49. The number of para-hydroxylation sites is 1. The number of carbonyl (C=O) groups excluding carboxylic acids is 2. The van der Waals surface area contributed by atoms with Gasteiger partial charge in [-0.25, -0.2) is 4.79 Å². The number of likely N-dealkylation sites (N-methyl/N-ethyl adjacent to an activating group) is 1. The molecule has 1 saturated carbocycles. The van der Waals surface area contributed by atoms with Gasteiger partial charge in [0.15, 0.2) is 6.61 Å². The first kappa shape index (κ1) is 17.3. The van der Waals surface area contributed by atoms with Crippen molar-refractivity contribution in [1.29, 1.82) is 0 Å². The number of hydrogen-bond donors (Lipinski definition) is 1. The van der Waals surface area contributed by atoms with Crippen molar-refractivity contribution in [2.24, 2.45) is 5.92 Å². The van der Waals surface area contributed by atoms with Crippen molar-refractivity contribution in [3.63, 3.8) is 0 Å². The number of nitrogens with zero attached hydrogens (tertiary/aromatic N) is 1. The van der Waals surface area contributed by atoms with Crippen molar-refractivity contribution in [1.82, 2.24) is 4.90 Å². The molecule has 1 aromatic rings. The molecule has 0 spiro atoms. The summed E-state index contributed by atoms with van der Waals surface area (Å²) in [5, 5.41) is 9.87. The number of benzene rings is 1. The number of amides is 1. The molecule has 1 N–H and O–H groups in total. The molecule has 1 amide bonds. The van der Waals surface area contributed by atoms with Gasteiger partial charge in [-0.3, -0.25) is 4.79 Å². The van der Waals surface area contributed by atoms with E-state index in [1.165, 1.54) is 6.07 Å². The largest absolute Gasteiger partial charge is 0.507 e. The molecule has 0 aliphatic heterocycles. The van der Waals surface area contributed by atoms with Crippen molar-refractivity contribution < 1.29 is 19.4 Å². The van der Waals surface area contributed by atoms with Gasteiger partial charge in [-0.05, 0) is 50.2 Å². The van der Waals surface area contributed by atoms with E-state index >= 15 is 0 Å². The first-order valence-corrected chi connectivity index (χ1v) is 8.11. The van der Waals surface area contributed by atoms with E-state index in [0.717, 1.165) is 31.6 Å². The van der Waals surface area contributed by atoms with Crippen molar-refractivity contribution in [2.75, 3.05) is 13.7 Å². The predicted octanol–water partition coefficient (Wildman–Crippen LogP) is 2.89. The van der Waals surface area contributed by atoms with E-state index in [-0.39, 0.29) is 29.9 Å². The highest BCUT2D eigenvalue weighted by molar-refractivity contribution is 5.94. The van der Waals surface area contributed by atoms with Crippen LogP contribution >= 0.6 is 0 Å². The normalized spacial score (nSPS) is 20.8. The summed E-state index contributed by atoms with van der Waals surface area (Å²) >= 11 is 0. The quantitative estimate of drug-likeness (QED) is 0.867. The monoisotopic (exact) mass is 319 g/mol. The lowest BCUT2D eigenvalue weighted by molar-refractivity contribution is -0.136. The van der Waals surface area contributed by atoms with E-state index in [2.05, 4.69) is 6.92 Å². The lowest BCUT2D eigenvalue weighted by Gasteiger charge is -2.33. The third-order valence-electron chi connectivity index (χ3n) is 4.71. The van der Waals surface area contributed by atoms with Gasteiger partial charge in [-0.1, -0.05) is 19.1 Å². The smallest absolute Gasteiger partial charge is 0.342 e. The van der Waals surface area contributed by atoms with Gasteiger partial charge < -0.3 is 14.7 Å². The number of phenols is 1. The number of phenolic OH excluding ortho intramolecular Hbond substituents is 1. The minimum Gasteiger partial charge on any atom is -0.507 e. The highest BCUT2D eigenvalue weighted by Gasteiger charge is 2.25. The summed E-state index contributed by atoms with van der Waals surface area (Å²) in [6.07, 6.45) is 4.24. The molecule has 1 aliphatic carbocycles. The second-order valence-electron chi connectivity index (χ2n) is 6.47. The third-order valence-corrected chi connectivity index (χ3v) is 4.71. The van der Waals surface area contributed by atoms with Gasteiger partial charge in [0.1, 0.15) is 11.3 Å². The minimum absolute atomic E-state index is 0.0898. The summed E-state index contributed by atoms with van der Waals surface area (Å²) in [5.74, 6) is -0.258. The van der Waals surface area contributed by atoms with Gasteiger partial charge in [-0.15, -0.1) is 0 Å². The summed E-state index contributed by atoms with van der Waals surface area (Å²) in [6, 6.07) is 5.09. The van der Waals surface area contributed by atoms with Crippen LogP contribution in [0.1, 0.15) is 48.5 Å². The molecule has 1 aromatic carbocycles. The van der Waals surface area contributed by atoms with Crippen LogP contribution in [0.4, 0.5) is 0 Å². The Morgan fingerprint density at radius 3 is 2.57 bits per heavy atom. The lowest BCUT2D eigenvalue weighted by Crippen LogP contribution is -2.41. The number of aromatic hydroxyl groups is 1. The molecule has 5 nitrogen and oxygen atoms in total. The molecular weight excluding hydrogens is 294 g/mol. The number of ether oxygens (including phenoxy) is 1. The Morgan fingerprint density at radius 2 is 1.91 bits per heavy atom. The fourth-order valence-electron chi connectivity index (χ4n) is 2.96. The highest BCUT2D eigenvalue weighted by atomic mass is 16.5. The summed E-state index contributed by atoms with van der Waals surface area (Å²) in [5.41, 5.74) is 0.686. The van der Waals surface area contributed by atoms with Crippen molar-refractivity contribution in [3.05, 3.63) is 29.3 Å². The molecule has 0 bridgehead atoms. The van der Waals surface area contributed by atoms with E-state index in [1.807, 2.05) is 0 Å². The zero-order valence-electron chi connectivity index (χ0n) is 14.0. The summed E-state index contributed by atoms with van der Waals surface area (Å²) < 4.78 is 5.07. The molecule has 0 radical (unpaired) electrons. The molecule has 126 valence electrons. The Labute approximate surface area is 137 Å². The average molecular weight is 319 g/mol. The summed E-state index contributed by atoms with van der Waals surface area (Å²) in [7, 11) is 1.76. The highest BCUT2D eigenvalue weighted by Crippen LogP contribution is 2.26. The third kappa shape index (κ3) is 4.24. The van der Waals surface area contributed by atoms with E-state index in [1.54, 1.807) is 31.0 Å². The van der Waals surface area contributed by atoms with Crippen LogP contribution in [-0.4, -0.2) is 41.6 Å². The van der Waals surface area contributed by atoms with Gasteiger partial charge in [0.2, 0.25) is 0 Å². The maximum absolute atomic E-state index is 12.2.